The molecule has 0 heterocycles. The highest BCUT2D eigenvalue weighted by Gasteiger charge is 2.15. The number of hydrazine groups is 1. The molecule has 0 bridgehead atoms. The zero-order valence-corrected chi connectivity index (χ0v) is 11.3. The number of nitrogens with one attached hydrogen (secondary N) is 1. The molecule has 2 rings (SSSR count). The van der Waals surface area contributed by atoms with Crippen molar-refractivity contribution in [2.75, 3.05) is 0 Å². The first-order valence-corrected chi connectivity index (χ1v) is 7.56. The fraction of sp³-hybridized carbons (Fsp3) is 0.500. The van der Waals surface area contributed by atoms with Gasteiger partial charge < -0.3 is 0 Å². The molecule has 1 saturated carbocycles. The molecular weight excluding hydrogens is 244 g/mol. The van der Waals surface area contributed by atoms with Crippen LogP contribution in [0.25, 0.3) is 0 Å². The van der Waals surface area contributed by atoms with Gasteiger partial charge in [-0.1, -0.05) is 37.5 Å². The highest BCUT2D eigenvalue weighted by Crippen LogP contribution is 2.31. The van der Waals surface area contributed by atoms with Crippen LogP contribution >= 0.6 is 11.8 Å². The van der Waals surface area contributed by atoms with E-state index in [4.69, 9.17) is 5.84 Å². The van der Waals surface area contributed by atoms with Crippen LogP contribution in [0, 0.1) is 0 Å². The van der Waals surface area contributed by atoms with Crippen LogP contribution in [0.1, 0.15) is 48.0 Å². The summed E-state index contributed by atoms with van der Waals surface area (Å²) in [4.78, 5) is 11.6. The fourth-order valence-electron chi connectivity index (χ4n) is 2.38. The van der Waals surface area contributed by atoms with Crippen LogP contribution < -0.4 is 11.3 Å². The van der Waals surface area contributed by atoms with Gasteiger partial charge in [-0.2, -0.15) is 11.8 Å². The monoisotopic (exact) mass is 264 g/mol. The van der Waals surface area contributed by atoms with E-state index in [2.05, 4.69) is 5.43 Å². The second-order valence-electron chi connectivity index (χ2n) is 4.70. The molecule has 0 radical (unpaired) electrons. The van der Waals surface area contributed by atoms with Crippen molar-refractivity contribution in [3.05, 3.63) is 35.4 Å². The minimum absolute atomic E-state index is 0.199. The van der Waals surface area contributed by atoms with Gasteiger partial charge in [-0.25, -0.2) is 5.84 Å². The number of nitrogen functional groups attached to an aromatic ring is 1. The quantitative estimate of drug-likeness (QED) is 0.499. The predicted octanol–water partition coefficient (Wildman–Crippen LogP) is 2.86. The molecule has 1 aliphatic rings. The van der Waals surface area contributed by atoms with Gasteiger partial charge in [0.05, 0.1) is 0 Å². The molecule has 0 aliphatic heterocycles. The zero-order valence-electron chi connectivity index (χ0n) is 10.5. The van der Waals surface area contributed by atoms with E-state index in [1.54, 1.807) is 0 Å². The average Bonchev–Trinajstić information content (AvgIpc) is 2.45. The Balaban J connectivity index is 1.97. The Hall–Kier alpha value is -1.00. The third kappa shape index (κ3) is 3.50. The molecule has 1 aliphatic carbocycles. The molecule has 3 N–H and O–H groups in total. The van der Waals surface area contributed by atoms with Gasteiger partial charge in [0.1, 0.15) is 0 Å². The Morgan fingerprint density at radius 2 is 2.00 bits per heavy atom. The second-order valence-corrected chi connectivity index (χ2v) is 5.99. The SMILES string of the molecule is NNC(=O)c1ccccc1CSC1CCCCC1. The van der Waals surface area contributed by atoms with E-state index in [0.29, 0.717) is 5.56 Å². The van der Waals surface area contributed by atoms with Crippen molar-refractivity contribution in [2.24, 2.45) is 5.84 Å². The first-order valence-electron chi connectivity index (χ1n) is 6.51. The number of thioether (sulfide) groups is 1. The third-order valence-corrected chi connectivity index (χ3v) is 4.84. The number of amides is 1. The molecule has 18 heavy (non-hydrogen) atoms. The van der Waals surface area contributed by atoms with Gasteiger partial charge in [0.25, 0.3) is 5.91 Å². The molecule has 0 aromatic heterocycles. The molecule has 1 amide bonds. The lowest BCUT2D eigenvalue weighted by Crippen LogP contribution is -2.30. The summed E-state index contributed by atoms with van der Waals surface area (Å²) in [6, 6.07) is 7.70. The zero-order chi connectivity index (χ0) is 12.8. The Morgan fingerprint density at radius 3 is 2.72 bits per heavy atom. The summed E-state index contributed by atoms with van der Waals surface area (Å²) >= 11 is 1.97. The molecule has 98 valence electrons. The van der Waals surface area contributed by atoms with Gasteiger partial charge in [-0.15, -0.1) is 0 Å². The summed E-state index contributed by atoms with van der Waals surface area (Å²) in [5.74, 6) is 5.90. The minimum atomic E-state index is -0.199. The molecule has 0 atom stereocenters. The Bertz CT molecular complexity index is 403. The maximum absolute atomic E-state index is 11.6. The topological polar surface area (TPSA) is 55.1 Å². The summed E-state index contributed by atoms with van der Waals surface area (Å²) in [6.45, 7) is 0. The number of hydrogen-bond donors (Lipinski definition) is 2. The Kier molecular flexibility index (Phi) is 5.08. The van der Waals surface area contributed by atoms with Gasteiger partial charge in [-0.3, -0.25) is 10.2 Å². The molecule has 3 nitrogen and oxygen atoms in total. The number of carbonyl (C=O) groups is 1. The lowest BCUT2D eigenvalue weighted by atomic mass is 10.0. The van der Waals surface area contributed by atoms with Crippen LogP contribution in [0.15, 0.2) is 24.3 Å². The maximum Gasteiger partial charge on any atom is 0.265 e. The molecular formula is C14H20N2OS. The van der Waals surface area contributed by atoms with E-state index in [9.17, 15) is 4.79 Å². The molecule has 4 heteroatoms. The van der Waals surface area contributed by atoms with E-state index in [-0.39, 0.29) is 5.91 Å². The average molecular weight is 264 g/mol. The van der Waals surface area contributed by atoms with Crippen molar-refractivity contribution in [3.63, 3.8) is 0 Å². The van der Waals surface area contributed by atoms with Crippen LogP contribution in [0.3, 0.4) is 0 Å². The van der Waals surface area contributed by atoms with E-state index in [1.807, 2.05) is 36.0 Å². The van der Waals surface area contributed by atoms with Gasteiger partial charge in [0.2, 0.25) is 0 Å². The van der Waals surface area contributed by atoms with Crippen LogP contribution in [0.4, 0.5) is 0 Å². The largest absolute Gasteiger partial charge is 0.290 e. The van der Waals surface area contributed by atoms with Gasteiger partial charge >= 0.3 is 0 Å². The smallest absolute Gasteiger partial charge is 0.265 e. The Morgan fingerprint density at radius 1 is 1.28 bits per heavy atom. The van der Waals surface area contributed by atoms with Crippen LogP contribution in [-0.2, 0) is 5.75 Å². The van der Waals surface area contributed by atoms with Crippen molar-refractivity contribution in [1.29, 1.82) is 0 Å². The number of nitrogens with two attached hydrogens (primary N) is 1. The van der Waals surface area contributed by atoms with Crippen molar-refractivity contribution in [2.45, 2.75) is 43.1 Å². The minimum Gasteiger partial charge on any atom is -0.290 e. The van der Waals surface area contributed by atoms with Gasteiger partial charge in [0.15, 0.2) is 0 Å². The van der Waals surface area contributed by atoms with E-state index < -0.39 is 0 Å². The summed E-state index contributed by atoms with van der Waals surface area (Å²) in [7, 11) is 0. The maximum atomic E-state index is 11.6. The molecule has 0 spiro atoms. The standard InChI is InChI=1S/C14H20N2OS/c15-16-14(17)13-9-5-4-6-11(13)10-18-12-7-2-1-3-8-12/h4-6,9,12H,1-3,7-8,10,15H2,(H,16,17). The van der Waals surface area contributed by atoms with Crippen LogP contribution in [0.5, 0.6) is 0 Å². The summed E-state index contributed by atoms with van der Waals surface area (Å²) in [5.41, 5.74) is 3.99. The normalized spacial score (nSPS) is 16.5. The third-order valence-electron chi connectivity index (χ3n) is 3.42. The molecule has 0 unspecified atom stereocenters. The number of hydrogen-bond acceptors (Lipinski definition) is 3. The van der Waals surface area contributed by atoms with Crippen molar-refractivity contribution in [1.82, 2.24) is 5.43 Å². The number of carbonyl (C=O) groups excluding carboxylic acids is 1. The predicted molar refractivity (Wildman–Crippen MR) is 76.3 cm³/mol. The first kappa shape index (κ1) is 13.4. The molecule has 1 aromatic rings. The molecule has 1 fully saturated rings. The first-order chi connectivity index (χ1) is 8.81. The van der Waals surface area contributed by atoms with E-state index in [1.165, 1.54) is 32.1 Å². The second kappa shape index (κ2) is 6.81. The Labute approximate surface area is 112 Å². The molecule has 1 aromatic carbocycles. The van der Waals surface area contributed by atoms with Crippen molar-refractivity contribution >= 4 is 17.7 Å². The van der Waals surface area contributed by atoms with Crippen LogP contribution in [-0.4, -0.2) is 11.2 Å². The lowest BCUT2D eigenvalue weighted by Gasteiger charge is -2.21. The van der Waals surface area contributed by atoms with Crippen molar-refractivity contribution < 1.29 is 4.79 Å². The highest BCUT2D eigenvalue weighted by atomic mass is 32.2. The number of benzene rings is 1. The van der Waals surface area contributed by atoms with Gasteiger partial charge in [0, 0.05) is 16.6 Å². The lowest BCUT2D eigenvalue weighted by molar-refractivity contribution is 0.0953. The molecule has 0 saturated heterocycles. The van der Waals surface area contributed by atoms with Crippen molar-refractivity contribution in [3.8, 4) is 0 Å². The number of rotatable bonds is 4. The summed E-state index contributed by atoms with van der Waals surface area (Å²) < 4.78 is 0. The van der Waals surface area contributed by atoms with E-state index in [0.717, 1.165) is 16.6 Å². The van der Waals surface area contributed by atoms with Gasteiger partial charge in [-0.05, 0) is 24.5 Å². The van der Waals surface area contributed by atoms with E-state index >= 15 is 0 Å². The summed E-state index contributed by atoms with van der Waals surface area (Å²) in [5, 5.41) is 0.757. The summed E-state index contributed by atoms with van der Waals surface area (Å²) in [6.07, 6.45) is 6.71. The fourth-order valence-corrected chi connectivity index (χ4v) is 3.72. The highest BCUT2D eigenvalue weighted by molar-refractivity contribution is 7.99. The van der Waals surface area contributed by atoms with Crippen LogP contribution in [0.2, 0.25) is 0 Å².